The van der Waals surface area contributed by atoms with Crippen LogP contribution in [0.1, 0.15) is 35.6 Å². The molecule has 1 aliphatic heterocycles. The van der Waals surface area contributed by atoms with Crippen molar-refractivity contribution in [3.05, 3.63) is 95.2 Å². The first-order valence-corrected chi connectivity index (χ1v) is 10.0. The van der Waals surface area contributed by atoms with Gasteiger partial charge in [-0.25, -0.2) is 15.8 Å². The highest BCUT2D eigenvalue weighted by Gasteiger charge is 2.39. The summed E-state index contributed by atoms with van der Waals surface area (Å²) in [6.45, 7) is 2.47. The number of hydrogen-bond acceptors (Lipinski definition) is 7. The van der Waals surface area contributed by atoms with E-state index in [0.717, 1.165) is 0 Å². The van der Waals surface area contributed by atoms with Crippen molar-refractivity contribution in [3.8, 4) is 0 Å². The predicted octanol–water partition coefficient (Wildman–Crippen LogP) is 1.99. The van der Waals surface area contributed by atoms with Crippen molar-refractivity contribution in [2.45, 2.75) is 25.2 Å². The van der Waals surface area contributed by atoms with Crippen molar-refractivity contribution in [3.63, 3.8) is 0 Å². The maximum Gasteiger partial charge on any atom is 0.221 e. The van der Waals surface area contributed by atoms with E-state index in [0.29, 0.717) is 34.6 Å². The van der Waals surface area contributed by atoms with Gasteiger partial charge < -0.3 is 9.67 Å². The second-order valence-electron chi connectivity index (χ2n) is 7.30. The van der Waals surface area contributed by atoms with E-state index < -0.39 is 17.7 Å². The third kappa shape index (κ3) is 3.19. The molecule has 5 N–H and O–H groups in total. The molecule has 0 spiro atoms. The molecule has 158 valence electrons. The van der Waals surface area contributed by atoms with Crippen LogP contribution in [-0.2, 0) is 12.1 Å². The fourth-order valence-electron chi connectivity index (χ4n) is 4.03. The zero-order chi connectivity index (χ0) is 21.4. The van der Waals surface area contributed by atoms with Gasteiger partial charge in [0.15, 0.2) is 17.1 Å². The summed E-state index contributed by atoms with van der Waals surface area (Å²) in [6.07, 6.45) is -0.511. The van der Waals surface area contributed by atoms with E-state index in [4.69, 9.17) is 0 Å². The standard InChI is InChI=1S/C22H22FN7O/c1-2-30-17-13-16(19-26-28-29-27-19)18(23)24-20(17)25-21(30)22(31,14-9-5-3-6-10-14)15-11-7-4-8-12-15/h3-13,19,26-29,31H,2H2,1H3. The molecule has 0 amide bonds. The lowest BCUT2D eigenvalue weighted by Gasteiger charge is -2.29. The van der Waals surface area contributed by atoms with Gasteiger partial charge in [0.1, 0.15) is 6.17 Å². The Morgan fingerprint density at radius 3 is 2.10 bits per heavy atom. The van der Waals surface area contributed by atoms with Crippen molar-refractivity contribution in [1.82, 2.24) is 36.5 Å². The molecule has 5 rings (SSSR count). The Balaban J connectivity index is 1.77. The quantitative estimate of drug-likeness (QED) is 0.316. The van der Waals surface area contributed by atoms with Crippen molar-refractivity contribution in [2.75, 3.05) is 0 Å². The van der Waals surface area contributed by atoms with Crippen LogP contribution in [0.4, 0.5) is 4.39 Å². The number of hydrogen-bond donors (Lipinski definition) is 5. The van der Waals surface area contributed by atoms with Gasteiger partial charge in [-0.2, -0.15) is 20.4 Å². The molecule has 1 fully saturated rings. The van der Waals surface area contributed by atoms with Crippen LogP contribution in [0.5, 0.6) is 0 Å². The molecule has 1 saturated heterocycles. The number of imidazole rings is 1. The van der Waals surface area contributed by atoms with Crippen LogP contribution in [-0.4, -0.2) is 19.6 Å². The molecule has 4 aromatic rings. The number of halogens is 1. The third-order valence-electron chi connectivity index (χ3n) is 5.55. The van der Waals surface area contributed by atoms with Gasteiger partial charge in [0.25, 0.3) is 0 Å². The van der Waals surface area contributed by atoms with Crippen LogP contribution in [0.2, 0.25) is 0 Å². The van der Waals surface area contributed by atoms with Gasteiger partial charge in [0.2, 0.25) is 5.95 Å². The first kappa shape index (κ1) is 19.7. The predicted molar refractivity (Wildman–Crippen MR) is 113 cm³/mol. The Hall–Kier alpha value is -3.21. The van der Waals surface area contributed by atoms with Gasteiger partial charge in [-0.3, -0.25) is 0 Å². The Morgan fingerprint density at radius 2 is 1.55 bits per heavy atom. The molecule has 9 heteroatoms. The minimum Gasteiger partial charge on any atom is -0.373 e. The second-order valence-corrected chi connectivity index (χ2v) is 7.30. The lowest BCUT2D eigenvalue weighted by molar-refractivity contribution is 0.112. The number of benzene rings is 2. The summed E-state index contributed by atoms with van der Waals surface area (Å²) in [7, 11) is 0. The Labute approximate surface area is 178 Å². The highest BCUT2D eigenvalue weighted by molar-refractivity contribution is 5.73. The van der Waals surface area contributed by atoms with Crippen molar-refractivity contribution in [1.29, 1.82) is 0 Å². The normalized spacial score (nSPS) is 15.1. The lowest BCUT2D eigenvalue weighted by Crippen LogP contribution is -2.33. The molecule has 0 saturated carbocycles. The minimum absolute atomic E-state index is 0.238. The molecule has 3 heterocycles. The van der Waals surface area contributed by atoms with Crippen LogP contribution >= 0.6 is 0 Å². The number of nitrogens with zero attached hydrogens (tertiary/aromatic N) is 3. The first-order valence-electron chi connectivity index (χ1n) is 10.0. The Morgan fingerprint density at radius 1 is 0.968 bits per heavy atom. The second kappa shape index (κ2) is 7.80. The van der Waals surface area contributed by atoms with Gasteiger partial charge in [-0.05, 0) is 24.1 Å². The van der Waals surface area contributed by atoms with Gasteiger partial charge >= 0.3 is 0 Å². The van der Waals surface area contributed by atoms with Crippen LogP contribution in [0.3, 0.4) is 0 Å². The number of aryl methyl sites for hydroxylation is 1. The molecule has 2 aromatic heterocycles. The van der Waals surface area contributed by atoms with Crippen molar-refractivity contribution >= 4 is 11.2 Å². The molecule has 0 radical (unpaired) electrons. The Kier molecular flexibility index (Phi) is 4.97. The van der Waals surface area contributed by atoms with Crippen LogP contribution < -0.4 is 21.9 Å². The SMILES string of the molecule is CCn1c(C(O)(c2ccccc2)c2ccccc2)nc2nc(F)c(C3NNNN3)cc21. The zero-order valence-corrected chi connectivity index (χ0v) is 16.8. The molecular formula is C22H22FN7O. The minimum atomic E-state index is -1.54. The molecule has 8 nitrogen and oxygen atoms in total. The van der Waals surface area contributed by atoms with Gasteiger partial charge in [0, 0.05) is 12.1 Å². The monoisotopic (exact) mass is 419 g/mol. The van der Waals surface area contributed by atoms with Crippen LogP contribution in [0.25, 0.3) is 11.2 Å². The number of fused-ring (bicyclic) bond motifs is 1. The van der Waals surface area contributed by atoms with Crippen molar-refractivity contribution in [2.24, 2.45) is 0 Å². The van der Waals surface area contributed by atoms with Crippen molar-refractivity contribution < 1.29 is 9.50 Å². The summed E-state index contributed by atoms with van der Waals surface area (Å²) in [5.41, 5.74) is 12.1. The van der Waals surface area contributed by atoms with E-state index in [-0.39, 0.29) is 5.65 Å². The van der Waals surface area contributed by atoms with Gasteiger partial charge in [0.05, 0.1) is 5.52 Å². The fourth-order valence-corrected chi connectivity index (χ4v) is 4.03. The summed E-state index contributed by atoms with van der Waals surface area (Å²) in [4.78, 5) is 8.73. The molecule has 0 bridgehead atoms. The number of aliphatic hydroxyl groups is 1. The van der Waals surface area contributed by atoms with E-state index in [9.17, 15) is 9.50 Å². The molecule has 0 unspecified atom stereocenters. The number of aromatic nitrogens is 3. The topological polar surface area (TPSA) is 99.1 Å². The highest BCUT2D eigenvalue weighted by Crippen LogP contribution is 2.37. The smallest absolute Gasteiger partial charge is 0.221 e. The molecule has 1 aliphatic rings. The van der Waals surface area contributed by atoms with E-state index in [1.165, 1.54) is 0 Å². The summed E-state index contributed by atoms with van der Waals surface area (Å²) in [6, 6.07) is 20.4. The lowest BCUT2D eigenvalue weighted by atomic mass is 9.85. The number of hydrazine groups is 3. The molecule has 31 heavy (non-hydrogen) atoms. The number of pyridine rings is 1. The average Bonchev–Trinajstić information content (AvgIpc) is 3.47. The maximum absolute atomic E-state index is 14.8. The van der Waals surface area contributed by atoms with Crippen LogP contribution in [0, 0.1) is 5.95 Å². The van der Waals surface area contributed by atoms with E-state index in [2.05, 4.69) is 31.9 Å². The van der Waals surface area contributed by atoms with Gasteiger partial charge in [-0.1, -0.05) is 60.7 Å². The summed E-state index contributed by atoms with van der Waals surface area (Å²) in [5, 5.41) is 12.1. The first-order chi connectivity index (χ1) is 15.1. The Bertz CT molecular complexity index is 1170. The summed E-state index contributed by atoms with van der Waals surface area (Å²) >= 11 is 0. The third-order valence-corrected chi connectivity index (χ3v) is 5.55. The average molecular weight is 419 g/mol. The number of rotatable bonds is 5. The zero-order valence-electron chi connectivity index (χ0n) is 16.8. The van der Waals surface area contributed by atoms with Gasteiger partial charge in [-0.15, -0.1) is 0 Å². The molecule has 0 atom stereocenters. The fraction of sp³-hybridized carbons (Fsp3) is 0.182. The highest BCUT2D eigenvalue weighted by atomic mass is 19.1. The largest absolute Gasteiger partial charge is 0.373 e. The van der Waals surface area contributed by atoms with E-state index >= 15 is 0 Å². The molecule has 2 aromatic carbocycles. The summed E-state index contributed by atoms with van der Waals surface area (Å²) in [5.74, 6) is -0.256. The number of nitrogens with one attached hydrogen (secondary N) is 4. The van der Waals surface area contributed by atoms with E-state index in [1.807, 2.05) is 72.2 Å². The van der Waals surface area contributed by atoms with Crippen LogP contribution in [0.15, 0.2) is 66.7 Å². The summed E-state index contributed by atoms with van der Waals surface area (Å²) < 4.78 is 16.7. The molecule has 0 aliphatic carbocycles. The van der Waals surface area contributed by atoms with E-state index in [1.54, 1.807) is 6.07 Å². The maximum atomic E-state index is 14.8. The molecular weight excluding hydrogens is 397 g/mol.